The average Bonchev–Trinajstić information content (AvgIpc) is 3.42. The molecule has 6 aromatic carbocycles. The van der Waals surface area contributed by atoms with E-state index in [4.69, 9.17) is 8.83 Å². The topological polar surface area (TPSA) is 26.3 Å². The lowest BCUT2D eigenvalue weighted by Crippen LogP contribution is -1.85. The molecule has 2 nitrogen and oxygen atoms in total. The summed E-state index contributed by atoms with van der Waals surface area (Å²) in [6, 6.07) is 38.5. The Morgan fingerprint density at radius 2 is 0.882 bits per heavy atom. The van der Waals surface area contributed by atoms with Crippen LogP contribution in [0.3, 0.4) is 0 Å². The zero-order valence-corrected chi connectivity index (χ0v) is 18.2. The predicted molar refractivity (Wildman–Crippen MR) is 141 cm³/mol. The minimum Gasteiger partial charge on any atom is -0.456 e. The van der Waals surface area contributed by atoms with Crippen LogP contribution in [0.25, 0.3) is 76.5 Å². The summed E-state index contributed by atoms with van der Waals surface area (Å²) in [7, 11) is 0. The van der Waals surface area contributed by atoms with Crippen LogP contribution in [-0.4, -0.2) is 0 Å². The zero-order chi connectivity index (χ0) is 22.2. The molecule has 2 aromatic heterocycles. The molecule has 0 aliphatic rings. The first kappa shape index (κ1) is 17.9. The second-order valence-electron chi connectivity index (χ2n) is 8.95. The third-order valence-corrected chi connectivity index (χ3v) is 7.03. The lowest BCUT2D eigenvalue weighted by atomic mass is 9.91. The summed E-state index contributed by atoms with van der Waals surface area (Å²) >= 11 is 0. The largest absolute Gasteiger partial charge is 0.456 e. The fourth-order valence-electron chi connectivity index (χ4n) is 5.47. The highest BCUT2D eigenvalue weighted by Gasteiger charge is 2.15. The Balaban J connectivity index is 1.46. The first-order valence-electron chi connectivity index (χ1n) is 11.5. The van der Waals surface area contributed by atoms with Crippen molar-refractivity contribution in [1.82, 2.24) is 0 Å². The van der Waals surface area contributed by atoms with E-state index in [-0.39, 0.29) is 0 Å². The van der Waals surface area contributed by atoms with E-state index in [9.17, 15) is 0 Å². The minimum absolute atomic E-state index is 0.883. The lowest BCUT2D eigenvalue weighted by molar-refractivity contribution is 0.664. The van der Waals surface area contributed by atoms with Gasteiger partial charge >= 0.3 is 0 Å². The summed E-state index contributed by atoms with van der Waals surface area (Å²) in [4.78, 5) is 0. The average molecular weight is 434 g/mol. The highest BCUT2D eigenvalue weighted by Crippen LogP contribution is 2.41. The number of fused-ring (bicyclic) bond motifs is 8. The van der Waals surface area contributed by atoms with Gasteiger partial charge < -0.3 is 8.83 Å². The van der Waals surface area contributed by atoms with E-state index in [2.05, 4.69) is 91.0 Å². The van der Waals surface area contributed by atoms with Crippen molar-refractivity contribution in [3.63, 3.8) is 0 Å². The number of para-hydroxylation sites is 1. The summed E-state index contributed by atoms with van der Waals surface area (Å²) in [5.41, 5.74) is 6.01. The van der Waals surface area contributed by atoms with Crippen LogP contribution in [0.5, 0.6) is 0 Å². The Bertz CT molecular complexity index is 2020. The van der Waals surface area contributed by atoms with Crippen LogP contribution in [0.1, 0.15) is 0 Å². The van der Waals surface area contributed by atoms with Crippen LogP contribution in [-0.2, 0) is 0 Å². The monoisotopic (exact) mass is 434 g/mol. The molecule has 158 valence electrons. The van der Waals surface area contributed by atoms with Crippen molar-refractivity contribution in [2.24, 2.45) is 0 Å². The highest BCUT2D eigenvalue weighted by atomic mass is 16.3. The van der Waals surface area contributed by atoms with Crippen molar-refractivity contribution in [3.8, 4) is 11.1 Å². The highest BCUT2D eigenvalue weighted by molar-refractivity contribution is 6.17. The fraction of sp³-hybridized carbons (Fsp3) is 0. The molecular formula is C32H18O2. The molecule has 0 N–H and O–H groups in total. The van der Waals surface area contributed by atoms with Crippen LogP contribution >= 0.6 is 0 Å². The molecule has 0 radical (unpaired) electrons. The van der Waals surface area contributed by atoms with Crippen LogP contribution < -0.4 is 0 Å². The van der Waals surface area contributed by atoms with Gasteiger partial charge in [0.2, 0.25) is 0 Å². The van der Waals surface area contributed by atoms with Crippen molar-refractivity contribution in [3.05, 3.63) is 109 Å². The normalized spacial score (nSPS) is 12.1. The first-order chi connectivity index (χ1) is 16.8. The van der Waals surface area contributed by atoms with Crippen molar-refractivity contribution in [1.29, 1.82) is 0 Å². The summed E-state index contributed by atoms with van der Waals surface area (Å²) in [6.07, 6.45) is 0. The first-order valence-corrected chi connectivity index (χ1v) is 11.5. The number of rotatable bonds is 1. The van der Waals surface area contributed by atoms with Gasteiger partial charge in [-0.2, -0.15) is 0 Å². The molecule has 34 heavy (non-hydrogen) atoms. The van der Waals surface area contributed by atoms with E-state index in [0.717, 1.165) is 43.9 Å². The van der Waals surface area contributed by atoms with Crippen LogP contribution in [0.15, 0.2) is 118 Å². The molecule has 0 aliphatic carbocycles. The van der Waals surface area contributed by atoms with Crippen molar-refractivity contribution < 1.29 is 8.83 Å². The number of benzene rings is 6. The van der Waals surface area contributed by atoms with Crippen LogP contribution in [0.2, 0.25) is 0 Å². The van der Waals surface area contributed by atoms with E-state index >= 15 is 0 Å². The summed E-state index contributed by atoms with van der Waals surface area (Å²) in [5.74, 6) is 0. The van der Waals surface area contributed by atoms with Gasteiger partial charge in [0.1, 0.15) is 22.3 Å². The minimum atomic E-state index is 0.883. The second kappa shape index (κ2) is 6.49. The molecule has 0 saturated carbocycles. The Labute approximate surface area is 194 Å². The summed E-state index contributed by atoms with van der Waals surface area (Å²) in [6.45, 7) is 0. The molecule has 0 bridgehead atoms. The van der Waals surface area contributed by atoms with Crippen molar-refractivity contribution in [2.75, 3.05) is 0 Å². The van der Waals surface area contributed by atoms with Gasteiger partial charge in [0, 0.05) is 21.5 Å². The standard InChI is InChI=1S/C32H18O2/c1-3-9-22-19(7-1)15-20-8-2-4-10-23(20)32(22)21-13-14-29-25(16-21)27-18-30-26(17-31(27)34-29)24-11-5-6-12-28(24)33-30/h1-18H. The molecule has 0 amide bonds. The molecule has 2 heterocycles. The molecular weight excluding hydrogens is 416 g/mol. The third-order valence-electron chi connectivity index (χ3n) is 7.03. The van der Waals surface area contributed by atoms with E-state index in [0.29, 0.717) is 0 Å². The summed E-state index contributed by atoms with van der Waals surface area (Å²) < 4.78 is 12.5. The number of hydrogen-bond donors (Lipinski definition) is 0. The molecule has 8 aromatic rings. The molecule has 8 rings (SSSR count). The SMILES string of the molecule is c1ccc2c(-c3ccc4oc5cc6c(cc5c4c3)oc3ccccc36)c3ccccc3cc2c1. The molecule has 0 spiro atoms. The maximum atomic E-state index is 6.30. The van der Waals surface area contributed by atoms with Crippen LogP contribution in [0.4, 0.5) is 0 Å². The van der Waals surface area contributed by atoms with E-state index in [1.165, 1.54) is 32.7 Å². The second-order valence-corrected chi connectivity index (χ2v) is 8.95. The maximum absolute atomic E-state index is 6.30. The Kier molecular flexibility index (Phi) is 3.42. The third kappa shape index (κ3) is 2.40. The number of hydrogen-bond acceptors (Lipinski definition) is 2. The van der Waals surface area contributed by atoms with Gasteiger partial charge in [0.25, 0.3) is 0 Å². The molecule has 2 heteroatoms. The van der Waals surface area contributed by atoms with E-state index in [1.54, 1.807) is 0 Å². The Hall–Kier alpha value is -4.56. The molecule has 0 atom stereocenters. The van der Waals surface area contributed by atoms with Gasteiger partial charge in [-0.1, -0.05) is 72.8 Å². The Morgan fingerprint density at radius 3 is 1.59 bits per heavy atom. The van der Waals surface area contributed by atoms with Gasteiger partial charge in [0.05, 0.1) is 0 Å². The van der Waals surface area contributed by atoms with E-state index in [1.807, 2.05) is 18.2 Å². The Morgan fingerprint density at radius 1 is 0.353 bits per heavy atom. The van der Waals surface area contributed by atoms with Gasteiger partial charge in [0.15, 0.2) is 0 Å². The van der Waals surface area contributed by atoms with Crippen molar-refractivity contribution >= 4 is 65.4 Å². The quantitative estimate of drug-likeness (QED) is 0.240. The van der Waals surface area contributed by atoms with Gasteiger partial charge in [-0.25, -0.2) is 0 Å². The van der Waals surface area contributed by atoms with Gasteiger partial charge in [-0.15, -0.1) is 0 Å². The molecule has 0 aliphatic heterocycles. The lowest BCUT2D eigenvalue weighted by Gasteiger charge is -2.12. The van der Waals surface area contributed by atoms with Gasteiger partial charge in [-0.05, 0) is 69.1 Å². The van der Waals surface area contributed by atoms with Crippen molar-refractivity contribution in [2.45, 2.75) is 0 Å². The van der Waals surface area contributed by atoms with Gasteiger partial charge in [-0.3, -0.25) is 0 Å². The summed E-state index contributed by atoms with van der Waals surface area (Å²) in [5, 5.41) is 9.39. The number of furan rings is 2. The predicted octanol–water partition coefficient (Wildman–Crippen LogP) is 9.46. The van der Waals surface area contributed by atoms with Crippen LogP contribution in [0, 0.1) is 0 Å². The fourth-order valence-corrected chi connectivity index (χ4v) is 5.47. The zero-order valence-electron chi connectivity index (χ0n) is 18.2. The van der Waals surface area contributed by atoms with E-state index < -0.39 is 0 Å². The maximum Gasteiger partial charge on any atom is 0.136 e. The molecule has 0 unspecified atom stereocenters. The molecule has 0 fully saturated rings. The smallest absolute Gasteiger partial charge is 0.136 e. The molecule has 0 saturated heterocycles.